The standard InChI is InChI=1S/C13H18N6/c1-3-16-11-6-12(19-13(14)18-11)17-8-10-7-15-5-4-9(10)2/h4-7H,3,8H2,1-2H3,(H4,14,16,17,18,19). The zero-order chi connectivity index (χ0) is 13.7. The number of rotatable bonds is 5. The molecule has 6 nitrogen and oxygen atoms in total. The van der Waals surface area contributed by atoms with Gasteiger partial charge in [-0.05, 0) is 31.0 Å². The van der Waals surface area contributed by atoms with Gasteiger partial charge in [-0.15, -0.1) is 0 Å². The summed E-state index contributed by atoms with van der Waals surface area (Å²) in [6.07, 6.45) is 3.63. The number of nitrogens with zero attached hydrogens (tertiary/aromatic N) is 3. The average Bonchev–Trinajstić information content (AvgIpc) is 2.37. The first-order chi connectivity index (χ1) is 9.19. The maximum atomic E-state index is 5.67. The lowest BCUT2D eigenvalue weighted by atomic mass is 10.1. The lowest BCUT2D eigenvalue weighted by Gasteiger charge is -2.10. The molecule has 100 valence electrons. The second-order valence-electron chi connectivity index (χ2n) is 4.18. The minimum absolute atomic E-state index is 0.254. The summed E-state index contributed by atoms with van der Waals surface area (Å²) < 4.78 is 0. The Morgan fingerprint density at radius 2 is 1.95 bits per heavy atom. The van der Waals surface area contributed by atoms with Crippen molar-refractivity contribution in [3.05, 3.63) is 35.7 Å². The van der Waals surface area contributed by atoms with Crippen LogP contribution in [0.4, 0.5) is 17.6 Å². The van der Waals surface area contributed by atoms with E-state index in [-0.39, 0.29) is 5.95 Å². The minimum atomic E-state index is 0.254. The van der Waals surface area contributed by atoms with E-state index in [2.05, 4.69) is 32.5 Å². The van der Waals surface area contributed by atoms with Crippen LogP contribution in [0.5, 0.6) is 0 Å². The number of anilines is 3. The molecule has 0 aliphatic carbocycles. The number of pyridine rings is 1. The van der Waals surface area contributed by atoms with Gasteiger partial charge < -0.3 is 16.4 Å². The summed E-state index contributed by atoms with van der Waals surface area (Å²) in [4.78, 5) is 12.4. The van der Waals surface area contributed by atoms with Crippen LogP contribution in [0, 0.1) is 6.92 Å². The van der Waals surface area contributed by atoms with Crippen LogP contribution in [0.3, 0.4) is 0 Å². The van der Waals surface area contributed by atoms with Crippen LogP contribution >= 0.6 is 0 Å². The van der Waals surface area contributed by atoms with E-state index in [1.807, 2.05) is 25.3 Å². The summed E-state index contributed by atoms with van der Waals surface area (Å²) in [6, 6.07) is 3.82. The largest absolute Gasteiger partial charge is 0.370 e. The highest BCUT2D eigenvalue weighted by molar-refractivity contribution is 5.51. The van der Waals surface area contributed by atoms with Gasteiger partial charge in [0.1, 0.15) is 11.6 Å². The number of hydrogen-bond donors (Lipinski definition) is 3. The van der Waals surface area contributed by atoms with E-state index < -0.39 is 0 Å². The van der Waals surface area contributed by atoms with Crippen molar-refractivity contribution in [3.8, 4) is 0 Å². The van der Waals surface area contributed by atoms with Gasteiger partial charge in [0.2, 0.25) is 5.95 Å². The molecule has 19 heavy (non-hydrogen) atoms. The van der Waals surface area contributed by atoms with Gasteiger partial charge in [0.15, 0.2) is 0 Å². The van der Waals surface area contributed by atoms with Gasteiger partial charge in [-0.3, -0.25) is 4.98 Å². The molecule has 0 bridgehead atoms. The van der Waals surface area contributed by atoms with E-state index in [1.54, 1.807) is 6.20 Å². The van der Waals surface area contributed by atoms with Crippen molar-refractivity contribution >= 4 is 17.6 Å². The molecule has 0 aliphatic rings. The summed E-state index contributed by atoms with van der Waals surface area (Å²) in [5.41, 5.74) is 7.99. The summed E-state index contributed by atoms with van der Waals surface area (Å²) in [5.74, 6) is 1.68. The van der Waals surface area contributed by atoms with Crippen LogP contribution in [0.15, 0.2) is 24.5 Å². The van der Waals surface area contributed by atoms with Crippen molar-refractivity contribution < 1.29 is 0 Å². The summed E-state index contributed by atoms with van der Waals surface area (Å²) in [6.45, 7) is 5.50. The average molecular weight is 258 g/mol. The third kappa shape index (κ3) is 3.54. The molecule has 0 fully saturated rings. The minimum Gasteiger partial charge on any atom is -0.370 e. The maximum absolute atomic E-state index is 5.67. The normalized spacial score (nSPS) is 10.2. The first-order valence-corrected chi connectivity index (χ1v) is 6.21. The van der Waals surface area contributed by atoms with E-state index in [0.29, 0.717) is 12.4 Å². The molecule has 0 radical (unpaired) electrons. The topological polar surface area (TPSA) is 88.8 Å². The Kier molecular flexibility index (Phi) is 4.12. The van der Waals surface area contributed by atoms with Crippen molar-refractivity contribution in [1.29, 1.82) is 0 Å². The first kappa shape index (κ1) is 13.1. The molecule has 0 aliphatic heterocycles. The monoisotopic (exact) mass is 258 g/mol. The van der Waals surface area contributed by atoms with Gasteiger partial charge in [-0.2, -0.15) is 9.97 Å². The number of hydrogen-bond acceptors (Lipinski definition) is 6. The van der Waals surface area contributed by atoms with E-state index in [9.17, 15) is 0 Å². The summed E-state index contributed by atoms with van der Waals surface area (Å²) in [5, 5.41) is 6.35. The molecule has 0 spiro atoms. The molecule has 0 saturated heterocycles. The van der Waals surface area contributed by atoms with Gasteiger partial charge >= 0.3 is 0 Å². The fraction of sp³-hybridized carbons (Fsp3) is 0.308. The van der Waals surface area contributed by atoms with Crippen molar-refractivity contribution in [2.75, 3.05) is 22.9 Å². The summed E-state index contributed by atoms with van der Waals surface area (Å²) >= 11 is 0. The molecular formula is C13H18N6. The first-order valence-electron chi connectivity index (χ1n) is 6.21. The molecule has 0 amide bonds. The molecular weight excluding hydrogens is 240 g/mol. The Balaban J connectivity index is 2.09. The molecule has 2 aromatic rings. The number of aromatic nitrogens is 3. The highest BCUT2D eigenvalue weighted by atomic mass is 15.1. The molecule has 0 unspecified atom stereocenters. The van der Waals surface area contributed by atoms with E-state index in [0.717, 1.165) is 17.9 Å². The van der Waals surface area contributed by atoms with Crippen LogP contribution in [0.2, 0.25) is 0 Å². The lowest BCUT2D eigenvalue weighted by Crippen LogP contribution is -2.08. The van der Waals surface area contributed by atoms with Crippen LogP contribution in [0.1, 0.15) is 18.1 Å². The third-order valence-corrected chi connectivity index (χ3v) is 2.71. The van der Waals surface area contributed by atoms with Crippen molar-refractivity contribution in [3.63, 3.8) is 0 Å². The highest BCUT2D eigenvalue weighted by Crippen LogP contribution is 2.14. The van der Waals surface area contributed by atoms with Crippen molar-refractivity contribution in [2.45, 2.75) is 20.4 Å². The quantitative estimate of drug-likeness (QED) is 0.758. The molecule has 0 saturated carbocycles. The lowest BCUT2D eigenvalue weighted by molar-refractivity contribution is 1.05. The van der Waals surface area contributed by atoms with E-state index >= 15 is 0 Å². The third-order valence-electron chi connectivity index (χ3n) is 2.71. The van der Waals surface area contributed by atoms with Crippen LogP contribution < -0.4 is 16.4 Å². The molecule has 4 N–H and O–H groups in total. The highest BCUT2D eigenvalue weighted by Gasteiger charge is 2.03. The van der Waals surface area contributed by atoms with Crippen LogP contribution in [-0.2, 0) is 6.54 Å². The number of aryl methyl sites for hydroxylation is 1. The van der Waals surface area contributed by atoms with Gasteiger partial charge in [-0.1, -0.05) is 0 Å². The molecule has 0 aromatic carbocycles. The predicted molar refractivity (Wildman–Crippen MR) is 76.9 cm³/mol. The second-order valence-corrected chi connectivity index (χ2v) is 4.18. The number of nitrogens with one attached hydrogen (secondary N) is 2. The van der Waals surface area contributed by atoms with Gasteiger partial charge in [0.25, 0.3) is 0 Å². The Morgan fingerprint density at radius 1 is 1.21 bits per heavy atom. The SMILES string of the molecule is CCNc1cc(NCc2cnccc2C)nc(N)n1. The van der Waals surface area contributed by atoms with Gasteiger partial charge in [0, 0.05) is 31.5 Å². The Labute approximate surface area is 112 Å². The van der Waals surface area contributed by atoms with Crippen molar-refractivity contribution in [1.82, 2.24) is 15.0 Å². The Bertz CT molecular complexity index is 555. The van der Waals surface area contributed by atoms with Crippen LogP contribution in [0.25, 0.3) is 0 Å². The Morgan fingerprint density at radius 3 is 2.63 bits per heavy atom. The van der Waals surface area contributed by atoms with Gasteiger partial charge in [-0.25, -0.2) is 0 Å². The zero-order valence-electron chi connectivity index (χ0n) is 11.1. The smallest absolute Gasteiger partial charge is 0.223 e. The predicted octanol–water partition coefficient (Wildman–Crippen LogP) is 1.81. The number of nitrogen functional groups attached to an aromatic ring is 1. The van der Waals surface area contributed by atoms with E-state index in [1.165, 1.54) is 5.56 Å². The molecule has 0 atom stereocenters. The fourth-order valence-electron chi connectivity index (χ4n) is 1.70. The maximum Gasteiger partial charge on any atom is 0.223 e. The fourth-order valence-corrected chi connectivity index (χ4v) is 1.70. The second kappa shape index (κ2) is 5.99. The molecule has 6 heteroatoms. The number of nitrogens with two attached hydrogens (primary N) is 1. The van der Waals surface area contributed by atoms with Gasteiger partial charge in [0.05, 0.1) is 0 Å². The van der Waals surface area contributed by atoms with Crippen molar-refractivity contribution in [2.24, 2.45) is 0 Å². The Hall–Kier alpha value is -2.37. The molecule has 2 heterocycles. The zero-order valence-corrected chi connectivity index (χ0v) is 11.1. The summed E-state index contributed by atoms with van der Waals surface area (Å²) in [7, 11) is 0. The molecule has 2 rings (SSSR count). The van der Waals surface area contributed by atoms with Crippen LogP contribution in [-0.4, -0.2) is 21.5 Å². The van der Waals surface area contributed by atoms with E-state index in [4.69, 9.17) is 5.73 Å². The molecule has 2 aromatic heterocycles.